The van der Waals surface area contributed by atoms with E-state index < -0.39 is 0 Å². The van der Waals surface area contributed by atoms with Crippen molar-refractivity contribution in [2.24, 2.45) is 5.92 Å². The molecule has 1 fully saturated rings. The molecule has 0 spiro atoms. The number of piperidine rings is 1. The van der Waals surface area contributed by atoms with Gasteiger partial charge in [-0.3, -0.25) is 4.79 Å². The summed E-state index contributed by atoms with van der Waals surface area (Å²) in [4.78, 5) is 26.7. The molecule has 0 saturated carbocycles. The average Bonchev–Trinajstić information content (AvgIpc) is 2.69. The van der Waals surface area contributed by atoms with Gasteiger partial charge in [0.25, 0.3) is 0 Å². The molecule has 1 aliphatic heterocycles. The molecule has 5 nitrogen and oxygen atoms in total. The predicted molar refractivity (Wildman–Crippen MR) is 110 cm³/mol. The van der Waals surface area contributed by atoms with Crippen LogP contribution in [0.4, 0.5) is 10.5 Å². The molecule has 6 heteroatoms. The summed E-state index contributed by atoms with van der Waals surface area (Å²) >= 11 is 3.42. The number of rotatable bonds is 4. The van der Waals surface area contributed by atoms with Gasteiger partial charge in [0, 0.05) is 29.2 Å². The van der Waals surface area contributed by atoms with Crippen molar-refractivity contribution >= 4 is 33.6 Å². The van der Waals surface area contributed by atoms with Gasteiger partial charge in [-0.1, -0.05) is 46.3 Å². The molecule has 1 aliphatic rings. The lowest BCUT2D eigenvalue weighted by atomic mass is 9.95. The lowest BCUT2D eigenvalue weighted by molar-refractivity contribution is -0.126. The van der Waals surface area contributed by atoms with Crippen LogP contribution in [0.1, 0.15) is 31.4 Å². The summed E-state index contributed by atoms with van der Waals surface area (Å²) in [5.41, 5.74) is 1.86. The smallest absolute Gasteiger partial charge is 0.321 e. The van der Waals surface area contributed by atoms with E-state index in [4.69, 9.17) is 0 Å². The Morgan fingerprint density at radius 3 is 2.30 bits per heavy atom. The first-order valence-electron chi connectivity index (χ1n) is 9.20. The van der Waals surface area contributed by atoms with Crippen LogP contribution in [0.5, 0.6) is 0 Å². The van der Waals surface area contributed by atoms with Gasteiger partial charge in [0.1, 0.15) is 0 Å². The number of urea groups is 1. The van der Waals surface area contributed by atoms with E-state index in [1.807, 2.05) is 61.5 Å². The Kier molecular flexibility index (Phi) is 6.50. The number of amides is 3. The van der Waals surface area contributed by atoms with E-state index in [0.29, 0.717) is 25.9 Å². The maximum absolute atomic E-state index is 12.6. The van der Waals surface area contributed by atoms with Crippen molar-refractivity contribution in [1.29, 1.82) is 0 Å². The van der Waals surface area contributed by atoms with Crippen LogP contribution in [0, 0.1) is 5.92 Å². The van der Waals surface area contributed by atoms with Crippen LogP contribution < -0.4 is 10.6 Å². The average molecular weight is 430 g/mol. The summed E-state index contributed by atoms with van der Waals surface area (Å²) in [5, 5.41) is 5.99. The predicted octanol–water partition coefficient (Wildman–Crippen LogP) is 4.57. The summed E-state index contributed by atoms with van der Waals surface area (Å²) in [5.74, 6) is 0.0113. The van der Waals surface area contributed by atoms with Crippen molar-refractivity contribution in [1.82, 2.24) is 10.2 Å². The fourth-order valence-corrected chi connectivity index (χ4v) is 3.50. The quantitative estimate of drug-likeness (QED) is 0.747. The zero-order chi connectivity index (χ0) is 19.2. The van der Waals surface area contributed by atoms with E-state index in [0.717, 1.165) is 15.7 Å². The first-order chi connectivity index (χ1) is 13.0. The third-order valence-electron chi connectivity index (χ3n) is 4.91. The number of para-hydroxylation sites is 1. The molecule has 0 bridgehead atoms. The highest BCUT2D eigenvalue weighted by atomic mass is 79.9. The van der Waals surface area contributed by atoms with Gasteiger partial charge in [-0.2, -0.15) is 0 Å². The molecule has 142 valence electrons. The number of nitrogens with one attached hydrogen (secondary N) is 2. The highest BCUT2D eigenvalue weighted by Gasteiger charge is 2.28. The molecule has 1 atom stereocenters. The van der Waals surface area contributed by atoms with Crippen molar-refractivity contribution in [3.63, 3.8) is 0 Å². The molecule has 2 aromatic carbocycles. The molecule has 27 heavy (non-hydrogen) atoms. The largest absolute Gasteiger partial charge is 0.349 e. The monoisotopic (exact) mass is 429 g/mol. The van der Waals surface area contributed by atoms with Crippen LogP contribution in [-0.2, 0) is 4.79 Å². The number of anilines is 1. The van der Waals surface area contributed by atoms with Crippen LogP contribution in [0.15, 0.2) is 59.1 Å². The SMILES string of the molecule is C[C@@H](NC(=O)C1CCN(C(=O)Nc2ccccc2)CC1)c1ccc(Br)cc1. The maximum Gasteiger partial charge on any atom is 0.321 e. The first kappa shape index (κ1) is 19.4. The second kappa shape index (κ2) is 9.04. The minimum Gasteiger partial charge on any atom is -0.349 e. The van der Waals surface area contributed by atoms with Gasteiger partial charge in [0.15, 0.2) is 0 Å². The molecule has 0 aliphatic carbocycles. The molecule has 0 radical (unpaired) electrons. The molecule has 2 N–H and O–H groups in total. The Labute approximate surface area is 168 Å². The Morgan fingerprint density at radius 2 is 1.67 bits per heavy atom. The van der Waals surface area contributed by atoms with Gasteiger partial charge >= 0.3 is 6.03 Å². The summed E-state index contributed by atoms with van der Waals surface area (Å²) in [7, 11) is 0. The highest BCUT2D eigenvalue weighted by Crippen LogP contribution is 2.21. The van der Waals surface area contributed by atoms with E-state index in [9.17, 15) is 9.59 Å². The van der Waals surface area contributed by atoms with Crippen molar-refractivity contribution in [2.75, 3.05) is 18.4 Å². The molecule has 2 aromatic rings. The van der Waals surface area contributed by atoms with Crippen molar-refractivity contribution in [2.45, 2.75) is 25.8 Å². The zero-order valence-electron chi connectivity index (χ0n) is 15.3. The third kappa shape index (κ3) is 5.32. The van der Waals surface area contributed by atoms with Crippen LogP contribution in [0.2, 0.25) is 0 Å². The molecule has 0 unspecified atom stereocenters. The number of carbonyl (C=O) groups excluding carboxylic acids is 2. The zero-order valence-corrected chi connectivity index (χ0v) is 16.9. The van der Waals surface area contributed by atoms with Crippen LogP contribution in [0.3, 0.4) is 0 Å². The van der Waals surface area contributed by atoms with Gasteiger partial charge in [-0.15, -0.1) is 0 Å². The van der Waals surface area contributed by atoms with Gasteiger partial charge in [-0.05, 0) is 49.6 Å². The minimum absolute atomic E-state index is 0.0370. The van der Waals surface area contributed by atoms with Crippen molar-refractivity contribution in [3.8, 4) is 0 Å². The lowest BCUT2D eigenvalue weighted by Crippen LogP contribution is -2.44. The number of halogens is 1. The third-order valence-corrected chi connectivity index (χ3v) is 5.44. The summed E-state index contributed by atoms with van der Waals surface area (Å²) in [6, 6.07) is 17.2. The highest BCUT2D eigenvalue weighted by molar-refractivity contribution is 9.10. The topological polar surface area (TPSA) is 61.4 Å². The Bertz CT molecular complexity index is 772. The summed E-state index contributed by atoms with van der Waals surface area (Å²) in [6.45, 7) is 3.16. The fraction of sp³-hybridized carbons (Fsp3) is 0.333. The maximum atomic E-state index is 12.6. The normalized spacial score (nSPS) is 15.9. The molecular weight excluding hydrogens is 406 g/mol. The minimum atomic E-state index is -0.108. The molecule has 1 saturated heterocycles. The molecule has 3 rings (SSSR count). The summed E-state index contributed by atoms with van der Waals surface area (Å²) in [6.07, 6.45) is 1.36. The molecule has 1 heterocycles. The molecular formula is C21H24BrN3O2. The number of carbonyl (C=O) groups is 2. The van der Waals surface area contributed by atoms with Crippen LogP contribution >= 0.6 is 15.9 Å². The Balaban J connectivity index is 1.47. The van der Waals surface area contributed by atoms with E-state index in [1.54, 1.807) is 4.90 Å². The summed E-state index contributed by atoms with van der Waals surface area (Å²) < 4.78 is 1.02. The Hall–Kier alpha value is -2.34. The van der Waals surface area contributed by atoms with E-state index >= 15 is 0 Å². The second-order valence-corrected chi connectivity index (χ2v) is 7.76. The van der Waals surface area contributed by atoms with Crippen LogP contribution in [0.25, 0.3) is 0 Å². The number of nitrogens with zero attached hydrogens (tertiary/aromatic N) is 1. The number of hydrogen-bond acceptors (Lipinski definition) is 2. The first-order valence-corrected chi connectivity index (χ1v) is 9.99. The molecule has 0 aromatic heterocycles. The number of hydrogen-bond donors (Lipinski definition) is 2. The standard InChI is InChI=1S/C21H24BrN3O2/c1-15(16-7-9-18(22)10-8-16)23-20(26)17-11-13-25(14-12-17)21(27)24-19-5-3-2-4-6-19/h2-10,15,17H,11-14H2,1H3,(H,23,26)(H,24,27)/t15-/m1/s1. The molecule has 3 amide bonds. The van der Waals surface area contributed by atoms with E-state index in [1.165, 1.54) is 0 Å². The van der Waals surface area contributed by atoms with Crippen LogP contribution in [-0.4, -0.2) is 29.9 Å². The van der Waals surface area contributed by atoms with Gasteiger partial charge in [-0.25, -0.2) is 4.79 Å². The van der Waals surface area contributed by atoms with Gasteiger partial charge in [0.2, 0.25) is 5.91 Å². The van der Waals surface area contributed by atoms with Crippen molar-refractivity contribution < 1.29 is 9.59 Å². The van der Waals surface area contributed by atoms with E-state index in [2.05, 4.69) is 26.6 Å². The fourth-order valence-electron chi connectivity index (χ4n) is 3.23. The van der Waals surface area contributed by atoms with Gasteiger partial charge < -0.3 is 15.5 Å². The lowest BCUT2D eigenvalue weighted by Gasteiger charge is -2.32. The second-order valence-electron chi connectivity index (χ2n) is 6.84. The van der Waals surface area contributed by atoms with E-state index in [-0.39, 0.29) is 23.9 Å². The number of benzene rings is 2. The Morgan fingerprint density at radius 1 is 1.04 bits per heavy atom. The van der Waals surface area contributed by atoms with Gasteiger partial charge in [0.05, 0.1) is 6.04 Å². The number of likely N-dealkylation sites (tertiary alicyclic amines) is 1. The van der Waals surface area contributed by atoms with Crippen molar-refractivity contribution in [3.05, 3.63) is 64.6 Å².